The SMILES string of the molecule is COc1cc(OC)cc(C(=O)Nc2nc(-c3ccc(OC(F)F)cc3)cs2)c1. The van der Waals surface area contributed by atoms with Gasteiger partial charge in [-0.3, -0.25) is 10.1 Å². The van der Waals surface area contributed by atoms with Crippen molar-refractivity contribution in [2.45, 2.75) is 6.61 Å². The van der Waals surface area contributed by atoms with Crippen LogP contribution in [-0.4, -0.2) is 31.7 Å². The summed E-state index contributed by atoms with van der Waals surface area (Å²) in [5.41, 5.74) is 1.68. The number of halogens is 2. The second-order valence-electron chi connectivity index (χ2n) is 5.50. The van der Waals surface area contributed by atoms with E-state index >= 15 is 0 Å². The number of anilines is 1. The number of amides is 1. The molecule has 9 heteroatoms. The zero-order valence-electron chi connectivity index (χ0n) is 14.9. The number of thiazole rings is 1. The highest BCUT2D eigenvalue weighted by atomic mass is 32.1. The number of ether oxygens (including phenoxy) is 3. The molecule has 1 N–H and O–H groups in total. The smallest absolute Gasteiger partial charge is 0.387 e. The topological polar surface area (TPSA) is 69.7 Å². The lowest BCUT2D eigenvalue weighted by atomic mass is 10.2. The minimum atomic E-state index is -2.87. The highest BCUT2D eigenvalue weighted by Gasteiger charge is 2.13. The largest absolute Gasteiger partial charge is 0.497 e. The van der Waals surface area contributed by atoms with Crippen LogP contribution in [0.1, 0.15) is 10.4 Å². The maximum absolute atomic E-state index is 12.5. The second kappa shape index (κ2) is 8.66. The van der Waals surface area contributed by atoms with Gasteiger partial charge in [0.25, 0.3) is 5.91 Å². The molecule has 0 radical (unpaired) electrons. The quantitative estimate of drug-likeness (QED) is 0.617. The van der Waals surface area contributed by atoms with Gasteiger partial charge in [0.1, 0.15) is 17.2 Å². The van der Waals surface area contributed by atoms with Crippen molar-refractivity contribution < 1.29 is 27.8 Å². The Hall–Kier alpha value is -3.20. The highest BCUT2D eigenvalue weighted by molar-refractivity contribution is 7.14. The van der Waals surface area contributed by atoms with E-state index in [2.05, 4.69) is 15.0 Å². The highest BCUT2D eigenvalue weighted by Crippen LogP contribution is 2.28. The summed E-state index contributed by atoms with van der Waals surface area (Å²) in [6.45, 7) is -2.87. The molecular formula is C19H16F2N2O4S. The summed E-state index contributed by atoms with van der Waals surface area (Å²) in [6.07, 6.45) is 0. The van der Waals surface area contributed by atoms with Crippen LogP contribution in [0.15, 0.2) is 47.8 Å². The van der Waals surface area contributed by atoms with E-state index in [1.54, 1.807) is 35.7 Å². The zero-order valence-corrected chi connectivity index (χ0v) is 15.8. The lowest BCUT2D eigenvalue weighted by Crippen LogP contribution is -2.12. The summed E-state index contributed by atoms with van der Waals surface area (Å²) in [7, 11) is 3.00. The van der Waals surface area contributed by atoms with Gasteiger partial charge in [-0.25, -0.2) is 4.98 Å². The minimum absolute atomic E-state index is 0.0643. The molecule has 0 aliphatic heterocycles. The molecule has 0 aliphatic rings. The molecule has 28 heavy (non-hydrogen) atoms. The Morgan fingerprint density at radius 3 is 2.25 bits per heavy atom. The normalized spacial score (nSPS) is 10.6. The maximum atomic E-state index is 12.5. The van der Waals surface area contributed by atoms with Gasteiger partial charge in [0.05, 0.1) is 19.9 Å². The molecule has 1 amide bonds. The molecule has 1 aromatic heterocycles. The predicted molar refractivity (Wildman–Crippen MR) is 102 cm³/mol. The first-order chi connectivity index (χ1) is 13.5. The van der Waals surface area contributed by atoms with E-state index in [9.17, 15) is 13.6 Å². The number of aromatic nitrogens is 1. The molecule has 0 atom stereocenters. The van der Waals surface area contributed by atoms with Crippen LogP contribution < -0.4 is 19.5 Å². The van der Waals surface area contributed by atoms with Crippen molar-refractivity contribution in [1.82, 2.24) is 4.98 Å². The molecule has 0 fully saturated rings. The Morgan fingerprint density at radius 2 is 1.68 bits per heavy atom. The molecule has 2 aromatic carbocycles. The predicted octanol–water partition coefficient (Wildman–Crippen LogP) is 4.68. The number of rotatable bonds is 7. The third-order valence-electron chi connectivity index (χ3n) is 3.71. The van der Waals surface area contributed by atoms with Crippen LogP contribution in [0.2, 0.25) is 0 Å². The first kappa shape index (κ1) is 19.6. The summed E-state index contributed by atoms with van der Waals surface area (Å²) in [5.74, 6) is 0.694. The van der Waals surface area contributed by atoms with Crippen LogP contribution in [0.3, 0.4) is 0 Å². The van der Waals surface area contributed by atoms with E-state index in [0.717, 1.165) is 0 Å². The first-order valence-electron chi connectivity index (χ1n) is 8.03. The lowest BCUT2D eigenvalue weighted by molar-refractivity contribution is -0.0498. The van der Waals surface area contributed by atoms with E-state index in [0.29, 0.717) is 33.5 Å². The fraction of sp³-hybridized carbons (Fsp3) is 0.158. The Labute approximate surface area is 163 Å². The summed E-state index contributed by atoms with van der Waals surface area (Å²) in [4.78, 5) is 16.9. The van der Waals surface area contributed by atoms with E-state index in [4.69, 9.17) is 9.47 Å². The van der Waals surface area contributed by atoms with Crippen molar-refractivity contribution in [3.05, 3.63) is 53.4 Å². The zero-order chi connectivity index (χ0) is 20.1. The summed E-state index contributed by atoms with van der Waals surface area (Å²) in [6, 6.07) is 10.9. The Bertz CT molecular complexity index is 939. The van der Waals surface area contributed by atoms with Crippen LogP contribution in [-0.2, 0) is 0 Å². The van der Waals surface area contributed by atoms with Gasteiger partial charge in [-0.05, 0) is 36.4 Å². The number of nitrogens with zero attached hydrogens (tertiary/aromatic N) is 1. The van der Waals surface area contributed by atoms with Crippen molar-refractivity contribution in [3.8, 4) is 28.5 Å². The number of alkyl halides is 2. The lowest BCUT2D eigenvalue weighted by Gasteiger charge is -2.08. The molecule has 0 unspecified atom stereocenters. The Kier molecular flexibility index (Phi) is 6.05. The van der Waals surface area contributed by atoms with Crippen molar-refractivity contribution in [1.29, 1.82) is 0 Å². The van der Waals surface area contributed by atoms with E-state index in [-0.39, 0.29) is 11.7 Å². The molecule has 0 bridgehead atoms. The van der Waals surface area contributed by atoms with Gasteiger partial charge in [0, 0.05) is 22.6 Å². The average molecular weight is 406 g/mol. The van der Waals surface area contributed by atoms with Gasteiger partial charge in [0.15, 0.2) is 5.13 Å². The van der Waals surface area contributed by atoms with E-state index in [1.807, 2.05) is 0 Å². The first-order valence-corrected chi connectivity index (χ1v) is 8.91. The Balaban J connectivity index is 1.73. The molecule has 1 heterocycles. The van der Waals surface area contributed by atoms with Crippen LogP contribution in [0.4, 0.5) is 13.9 Å². The molecular weight excluding hydrogens is 390 g/mol. The monoisotopic (exact) mass is 406 g/mol. The molecule has 3 aromatic rings. The molecule has 6 nitrogen and oxygen atoms in total. The molecule has 0 aliphatic carbocycles. The number of carbonyl (C=O) groups is 1. The number of methoxy groups -OCH3 is 2. The van der Waals surface area contributed by atoms with Crippen LogP contribution >= 0.6 is 11.3 Å². The molecule has 0 saturated heterocycles. The summed E-state index contributed by atoms with van der Waals surface area (Å²) >= 11 is 1.25. The summed E-state index contributed by atoms with van der Waals surface area (Å²) < 4.78 is 39.1. The van der Waals surface area contributed by atoms with Crippen molar-refractivity contribution >= 4 is 22.4 Å². The maximum Gasteiger partial charge on any atom is 0.387 e. The van der Waals surface area contributed by atoms with Crippen molar-refractivity contribution in [2.75, 3.05) is 19.5 Å². The number of hydrogen-bond donors (Lipinski definition) is 1. The van der Waals surface area contributed by atoms with Crippen LogP contribution in [0.5, 0.6) is 17.2 Å². The molecule has 3 rings (SSSR count). The third-order valence-corrected chi connectivity index (χ3v) is 4.47. The average Bonchev–Trinajstić information content (AvgIpc) is 3.16. The van der Waals surface area contributed by atoms with Gasteiger partial charge >= 0.3 is 6.61 Å². The number of hydrogen-bond acceptors (Lipinski definition) is 6. The standard InChI is InChI=1S/C19H16F2N2O4S/c1-25-14-7-12(8-15(9-14)26-2)17(24)23-19-22-16(10-28-19)11-3-5-13(6-4-11)27-18(20)21/h3-10,18H,1-2H3,(H,22,23,24). The second-order valence-corrected chi connectivity index (χ2v) is 6.35. The Morgan fingerprint density at radius 1 is 1.04 bits per heavy atom. The van der Waals surface area contributed by atoms with Gasteiger partial charge in [0.2, 0.25) is 0 Å². The fourth-order valence-electron chi connectivity index (χ4n) is 2.38. The molecule has 0 spiro atoms. The van der Waals surface area contributed by atoms with E-state index in [1.165, 1.54) is 37.7 Å². The van der Waals surface area contributed by atoms with Gasteiger partial charge in [-0.15, -0.1) is 11.3 Å². The van der Waals surface area contributed by atoms with Crippen molar-refractivity contribution in [3.63, 3.8) is 0 Å². The fourth-order valence-corrected chi connectivity index (χ4v) is 3.09. The third kappa shape index (κ3) is 4.74. The van der Waals surface area contributed by atoms with Crippen LogP contribution in [0, 0.1) is 0 Å². The van der Waals surface area contributed by atoms with Crippen LogP contribution in [0.25, 0.3) is 11.3 Å². The van der Waals surface area contributed by atoms with Gasteiger partial charge in [-0.1, -0.05) is 0 Å². The molecule has 146 valence electrons. The number of carbonyl (C=O) groups excluding carboxylic acids is 1. The van der Waals surface area contributed by atoms with Gasteiger partial charge in [-0.2, -0.15) is 8.78 Å². The molecule has 0 saturated carbocycles. The van der Waals surface area contributed by atoms with Gasteiger partial charge < -0.3 is 14.2 Å². The number of benzene rings is 2. The number of nitrogens with one attached hydrogen (secondary N) is 1. The van der Waals surface area contributed by atoms with E-state index < -0.39 is 6.61 Å². The van der Waals surface area contributed by atoms with Crippen molar-refractivity contribution in [2.24, 2.45) is 0 Å². The minimum Gasteiger partial charge on any atom is -0.497 e. The summed E-state index contributed by atoms with van der Waals surface area (Å²) in [5, 5.41) is 4.87.